The lowest BCUT2D eigenvalue weighted by molar-refractivity contribution is 0.339. The zero-order chi connectivity index (χ0) is 11.5. The molecule has 3 heteroatoms. The van der Waals surface area contributed by atoms with Gasteiger partial charge in [-0.25, -0.2) is 0 Å². The molecule has 0 amide bonds. The summed E-state index contributed by atoms with van der Waals surface area (Å²) in [6.45, 7) is 7.62. The van der Waals surface area contributed by atoms with E-state index in [9.17, 15) is 0 Å². The van der Waals surface area contributed by atoms with Gasteiger partial charge in [0.1, 0.15) is 5.82 Å². The number of aromatic nitrogens is 2. The second-order valence-corrected chi connectivity index (χ2v) is 4.98. The van der Waals surface area contributed by atoms with Crippen molar-refractivity contribution in [3.05, 3.63) is 17.3 Å². The number of hydrogen-bond donors (Lipinski definition) is 1. The monoisotopic (exact) mass is 219 g/mol. The molecule has 1 aromatic heterocycles. The molecule has 0 bridgehead atoms. The van der Waals surface area contributed by atoms with Crippen molar-refractivity contribution < 1.29 is 0 Å². The number of anilines is 1. The first kappa shape index (κ1) is 11.4. The molecule has 0 radical (unpaired) electrons. The molecule has 0 fully saturated rings. The molecule has 1 heterocycles. The van der Waals surface area contributed by atoms with Crippen molar-refractivity contribution in [1.82, 2.24) is 10.2 Å². The number of nitrogens with one attached hydrogen (secondary N) is 1. The minimum atomic E-state index is 0.767. The molecule has 1 aliphatic carbocycles. The number of rotatable bonds is 3. The van der Waals surface area contributed by atoms with Gasteiger partial charge in [0, 0.05) is 6.54 Å². The fourth-order valence-electron chi connectivity index (χ4n) is 2.39. The highest BCUT2D eigenvalue weighted by Gasteiger charge is 2.22. The van der Waals surface area contributed by atoms with Crippen LogP contribution in [0.2, 0.25) is 0 Å². The predicted octanol–water partition coefficient (Wildman–Crippen LogP) is 2.67. The third-order valence-corrected chi connectivity index (χ3v) is 3.49. The van der Waals surface area contributed by atoms with Gasteiger partial charge in [0.25, 0.3) is 0 Å². The van der Waals surface area contributed by atoms with Crippen LogP contribution in [0, 0.1) is 11.8 Å². The smallest absolute Gasteiger partial charge is 0.148 e. The SMILES string of the molecule is CCNc1cc2c(nn1)CCC(C(C)C)C2. The van der Waals surface area contributed by atoms with Crippen molar-refractivity contribution in [3.8, 4) is 0 Å². The van der Waals surface area contributed by atoms with E-state index in [-0.39, 0.29) is 0 Å². The standard InChI is InChI=1S/C13H21N3/c1-4-14-13-8-11-7-10(9(2)3)5-6-12(11)15-16-13/h8-10H,4-7H2,1-3H3,(H,14,16). The highest BCUT2D eigenvalue weighted by atomic mass is 15.2. The Labute approximate surface area is 97.7 Å². The van der Waals surface area contributed by atoms with Crippen LogP contribution in [0.5, 0.6) is 0 Å². The van der Waals surface area contributed by atoms with E-state index in [2.05, 4.69) is 42.4 Å². The summed E-state index contributed by atoms with van der Waals surface area (Å²) in [5, 5.41) is 11.7. The van der Waals surface area contributed by atoms with Crippen LogP contribution in [0.4, 0.5) is 5.82 Å². The van der Waals surface area contributed by atoms with Crippen LogP contribution in [0.3, 0.4) is 0 Å². The van der Waals surface area contributed by atoms with Crippen LogP contribution in [-0.4, -0.2) is 16.7 Å². The molecule has 16 heavy (non-hydrogen) atoms. The average molecular weight is 219 g/mol. The van der Waals surface area contributed by atoms with E-state index in [0.717, 1.165) is 30.6 Å². The molecule has 1 atom stereocenters. The van der Waals surface area contributed by atoms with Gasteiger partial charge in [-0.3, -0.25) is 0 Å². The van der Waals surface area contributed by atoms with E-state index in [1.54, 1.807) is 0 Å². The zero-order valence-corrected chi connectivity index (χ0v) is 10.5. The quantitative estimate of drug-likeness (QED) is 0.849. The summed E-state index contributed by atoms with van der Waals surface area (Å²) >= 11 is 0. The molecule has 0 spiro atoms. The lowest BCUT2D eigenvalue weighted by Gasteiger charge is -2.26. The Bertz CT molecular complexity index is 360. The summed E-state index contributed by atoms with van der Waals surface area (Å²) < 4.78 is 0. The highest BCUT2D eigenvalue weighted by Crippen LogP contribution is 2.29. The van der Waals surface area contributed by atoms with Crippen LogP contribution in [-0.2, 0) is 12.8 Å². The highest BCUT2D eigenvalue weighted by molar-refractivity contribution is 5.39. The van der Waals surface area contributed by atoms with E-state index in [0.29, 0.717) is 0 Å². The minimum Gasteiger partial charge on any atom is -0.369 e. The van der Waals surface area contributed by atoms with E-state index in [1.165, 1.54) is 24.1 Å². The summed E-state index contributed by atoms with van der Waals surface area (Å²) in [6, 6.07) is 2.18. The fraction of sp³-hybridized carbons (Fsp3) is 0.692. The Morgan fingerprint density at radius 1 is 1.44 bits per heavy atom. The van der Waals surface area contributed by atoms with Gasteiger partial charge < -0.3 is 5.32 Å². The molecule has 0 aliphatic heterocycles. The van der Waals surface area contributed by atoms with Gasteiger partial charge in [-0.1, -0.05) is 13.8 Å². The Morgan fingerprint density at radius 2 is 2.25 bits per heavy atom. The second-order valence-electron chi connectivity index (χ2n) is 4.98. The third kappa shape index (κ3) is 2.34. The van der Waals surface area contributed by atoms with Gasteiger partial charge in [-0.05, 0) is 49.7 Å². The first-order valence-corrected chi connectivity index (χ1v) is 6.30. The van der Waals surface area contributed by atoms with E-state index in [1.807, 2.05) is 0 Å². The van der Waals surface area contributed by atoms with Gasteiger partial charge in [0.2, 0.25) is 0 Å². The normalized spacial score (nSPS) is 19.6. The van der Waals surface area contributed by atoms with Crippen molar-refractivity contribution in [2.75, 3.05) is 11.9 Å². The second kappa shape index (κ2) is 4.81. The van der Waals surface area contributed by atoms with Gasteiger partial charge in [-0.15, -0.1) is 5.10 Å². The molecule has 1 N–H and O–H groups in total. The molecule has 0 saturated carbocycles. The number of fused-ring (bicyclic) bond motifs is 1. The van der Waals surface area contributed by atoms with Crippen LogP contribution in [0.1, 0.15) is 38.4 Å². The maximum absolute atomic E-state index is 4.32. The van der Waals surface area contributed by atoms with Crippen molar-refractivity contribution in [1.29, 1.82) is 0 Å². The molecule has 0 aromatic carbocycles. The average Bonchev–Trinajstić information content (AvgIpc) is 2.28. The van der Waals surface area contributed by atoms with E-state index in [4.69, 9.17) is 0 Å². The Morgan fingerprint density at radius 3 is 2.94 bits per heavy atom. The molecule has 88 valence electrons. The topological polar surface area (TPSA) is 37.8 Å². The van der Waals surface area contributed by atoms with Crippen molar-refractivity contribution in [2.24, 2.45) is 11.8 Å². The van der Waals surface area contributed by atoms with Crippen LogP contribution in [0.25, 0.3) is 0 Å². The first-order valence-electron chi connectivity index (χ1n) is 6.30. The van der Waals surface area contributed by atoms with Crippen molar-refractivity contribution >= 4 is 5.82 Å². The molecule has 1 unspecified atom stereocenters. The minimum absolute atomic E-state index is 0.767. The zero-order valence-electron chi connectivity index (χ0n) is 10.5. The summed E-state index contributed by atoms with van der Waals surface area (Å²) in [4.78, 5) is 0. The number of nitrogens with zero attached hydrogens (tertiary/aromatic N) is 2. The van der Waals surface area contributed by atoms with Gasteiger partial charge in [-0.2, -0.15) is 5.10 Å². The molecule has 3 nitrogen and oxygen atoms in total. The molecule has 1 aliphatic rings. The van der Waals surface area contributed by atoms with Gasteiger partial charge in [0.05, 0.1) is 5.69 Å². The number of hydrogen-bond acceptors (Lipinski definition) is 3. The largest absolute Gasteiger partial charge is 0.369 e. The Kier molecular flexibility index (Phi) is 3.42. The van der Waals surface area contributed by atoms with Gasteiger partial charge >= 0.3 is 0 Å². The van der Waals surface area contributed by atoms with Crippen LogP contribution in [0.15, 0.2) is 6.07 Å². The van der Waals surface area contributed by atoms with Crippen molar-refractivity contribution in [3.63, 3.8) is 0 Å². The van der Waals surface area contributed by atoms with Gasteiger partial charge in [0.15, 0.2) is 0 Å². The summed E-state index contributed by atoms with van der Waals surface area (Å²) in [7, 11) is 0. The fourth-order valence-corrected chi connectivity index (χ4v) is 2.39. The van der Waals surface area contributed by atoms with Crippen molar-refractivity contribution in [2.45, 2.75) is 40.0 Å². The molecular weight excluding hydrogens is 198 g/mol. The molecule has 2 rings (SSSR count). The Balaban J connectivity index is 2.18. The summed E-state index contributed by atoms with van der Waals surface area (Å²) in [5.41, 5.74) is 2.61. The molecular formula is C13H21N3. The third-order valence-electron chi connectivity index (χ3n) is 3.49. The molecule has 1 aromatic rings. The van der Waals surface area contributed by atoms with Crippen LogP contribution >= 0.6 is 0 Å². The van der Waals surface area contributed by atoms with E-state index < -0.39 is 0 Å². The summed E-state index contributed by atoms with van der Waals surface area (Å²) in [5.74, 6) is 2.50. The first-order chi connectivity index (χ1) is 7.70. The lowest BCUT2D eigenvalue weighted by Crippen LogP contribution is -2.20. The predicted molar refractivity (Wildman–Crippen MR) is 66.5 cm³/mol. The summed E-state index contributed by atoms with van der Waals surface area (Å²) in [6.07, 6.45) is 3.53. The molecule has 0 saturated heterocycles. The maximum Gasteiger partial charge on any atom is 0.148 e. The Hall–Kier alpha value is -1.12. The number of aryl methyl sites for hydroxylation is 1. The maximum atomic E-state index is 4.32. The van der Waals surface area contributed by atoms with Crippen LogP contribution < -0.4 is 5.32 Å². The van der Waals surface area contributed by atoms with E-state index >= 15 is 0 Å². The lowest BCUT2D eigenvalue weighted by atomic mass is 9.80.